The maximum absolute atomic E-state index is 12.4. The number of hydrogen-bond acceptors (Lipinski definition) is 3. The molecule has 1 saturated heterocycles. The molecule has 0 spiro atoms. The predicted molar refractivity (Wildman–Crippen MR) is 110 cm³/mol. The van der Waals surface area contributed by atoms with Gasteiger partial charge in [-0.15, -0.1) is 0 Å². The standard InChI is InChI=1S/C21H31N5O2/c1-15(19-22-17-9-6-5-8-16(17)20(28)23-19)26-11-7-10-25(12-13-26)14-18(27)24-21(2,3)4/h5-6,8-9,15H,7,10-14H2,1-4H3,(H,24,27)(H,22,23,28)/p+2/t15-/m0/s1. The van der Waals surface area contributed by atoms with Crippen LogP contribution in [0.1, 0.15) is 46.0 Å². The van der Waals surface area contributed by atoms with Crippen LogP contribution >= 0.6 is 0 Å². The van der Waals surface area contributed by atoms with Crippen molar-refractivity contribution < 1.29 is 14.6 Å². The minimum absolute atomic E-state index is 0.0761. The summed E-state index contributed by atoms with van der Waals surface area (Å²) in [5.74, 6) is 0.854. The third kappa shape index (κ3) is 5.17. The number of fused-ring (bicyclic) bond motifs is 1. The lowest BCUT2D eigenvalue weighted by atomic mass is 10.1. The number of nitrogens with one attached hydrogen (secondary N) is 4. The maximum Gasteiger partial charge on any atom is 0.275 e. The first-order valence-electron chi connectivity index (χ1n) is 10.2. The molecule has 4 N–H and O–H groups in total. The van der Waals surface area contributed by atoms with Crippen LogP contribution in [0.2, 0.25) is 0 Å². The smallest absolute Gasteiger partial charge is 0.275 e. The second kappa shape index (κ2) is 8.41. The molecule has 0 saturated carbocycles. The van der Waals surface area contributed by atoms with E-state index in [1.807, 2.05) is 39.0 Å². The number of quaternary nitrogens is 2. The third-order valence-electron chi connectivity index (χ3n) is 5.41. The summed E-state index contributed by atoms with van der Waals surface area (Å²) in [5, 5.41) is 3.68. The number of aromatic amines is 1. The van der Waals surface area contributed by atoms with Crippen LogP contribution in [0.15, 0.2) is 29.1 Å². The molecular formula is C21H33N5O2+2. The van der Waals surface area contributed by atoms with Crippen LogP contribution in [0.5, 0.6) is 0 Å². The van der Waals surface area contributed by atoms with Crippen molar-refractivity contribution in [2.45, 2.75) is 45.7 Å². The lowest BCUT2D eigenvalue weighted by Gasteiger charge is -2.24. The van der Waals surface area contributed by atoms with Gasteiger partial charge in [-0.25, -0.2) is 4.98 Å². The van der Waals surface area contributed by atoms with Crippen LogP contribution in [0.4, 0.5) is 0 Å². The van der Waals surface area contributed by atoms with Crippen molar-refractivity contribution in [3.8, 4) is 0 Å². The first-order valence-corrected chi connectivity index (χ1v) is 10.2. The molecule has 1 aliphatic heterocycles. The summed E-state index contributed by atoms with van der Waals surface area (Å²) in [6.07, 6.45) is 1.05. The van der Waals surface area contributed by atoms with E-state index >= 15 is 0 Å². The van der Waals surface area contributed by atoms with E-state index in [4.69, 9.17) is 4.98 Å². The molecule has 1 amide bonds. The highest BCUT2D eigenvalue weighted by molar-refractivity contribution is 5.77. The quantitative estimate of drug-likeness (QED) is 0.547. The third-order valence-corrected chi connectivity index (χ3v) is 5.41. The molecular weight excluding hydrogens is 354 g/mol. The molecule has 152 valence electrons. The van der Waals surface area contributed by atoms with E-state index < -0.39 is 0 Å². The van der Waals surface area contributed by atoms with Crippen molar-refractivity contribution in [1.29, 1.82) is 0 Å². The van der Waals surface area contributed by atoms with Gasteiger partial charge in [0.2, 0.25) is 0 Å². The number of carbonyl (C=O) groups excluding carboxylic acids is 1. The molecule has 1 fully saturated rings. The van der Waals surface area contributed by atoms with Crippen LogP contribution < -0.4 is 20.7 Å². The van der Waals surface area contributed by atoms with E-state index in [2.05, 4.69) is 17.2 Å². The minimum atomic E-state index is -0.193. The Balaban J connectivity index is 1.65. The molecule has 2 aromatic rings. The van der Waals surface area contributed by atoms with Crippen LogP contribution in [0, 0.1) is 0 Å². The average Bonchev–Trinajstić information content (AvgIpc) is 2.85. The van der Waals surface area contributed by atoms with Gasteiger partial charge >= 0.3 is 0 Å². The highest BCUT2D eigenvalue weighted by Gasteiger charge is 2.28. The van der Waals surface area contributed by atoms with Crippen molar-refractivity contribution in [2.75, 3.05) is 32.7 Å². The highest BCUT2D eigenvalue weighted by Crippen LogP contribution is 2.09. The van der Waals surface area contributed by atoms with Gasteiger partial charge in [-0.3, -0.25) is 9.59 Å². The number of hydrogen-bond donors (Lipinski definition) is 4. The maximum atomic E-state index is 12.4. The van der Waals surface area contributed by atoms with Gasteiger partial charge in [-0.1, -0.05) is 12.1 Å². The lowest BCUT2D eigenvalue weighted by molar-refractivity contribution is -0.953. The highest BCUT2D eigenvalue weighted by atomic mass is 16.2. The zero-order valence-electron chi connectivity index (χ0n) is 17.4. The van der Waals surface area contributed by atoms with E-state index in [1.165, 1.54) is 9.80 Å². The zero-order valence-corrected chi connectivity index (χ0v) is 17.4. The van der Waals surface area contributed by atoms with E-state index in [9.17, 15) is 9.59 Å². The van der Waals surface area contributed by atoms with Gasteiger partial charge in [0.15, 0.2) is 12.4 Å². The summed E-state index contributed by atoms with van der Waals surface area (Å²) in [5.41, 5.74) is 0.475. The summed E-state index contributed by atoms with van der Waals surface area (Å²) in [4.78, 5) is 35.0. The van der Waals surface area contributed by atoms with E-state index in [-0.39, 0.29) is 23.0 Å². The first kappa shape index (κ1) is 20.5. The fourth-order valence-electron chi connectivity index (χ4n) is 3.96. The Kier molecular flexibility index (Phi) is 6.15. The number of nitrogens with zero attached hydrogens (tertiary/aromatic N) is 1. The number of rotatable bonds is 4. The number of carbonyl (C=O) groups is 1. The van der Waals surface area contributed by atoms with Gasteiger partial charge < -0.3 is 20.1 Å². The molecule has 3 atom stereocenters. The topological polar surface area (TPSA) is 83.7 Å². The van der Waals surface area contributed by atoms with E-state index in [0.29, 0.717) is 11.9 Å². The second-order valence-electron chi connectivity index (χ2n) is 8.93. The largest absolute Gasteiger partial charge is 0.347 e. The lowest BCUT2D eigenvalue weighted by Crippen LogP contribution is -3.18. The predicted octanol–water partition coefficient (Wildman–Crippen LogP) is -0.928. The van der Waals surface area contributed by atoms with Crippen LogP contribution in [-0.4, -0.2) is 54.1 Å². The van der Waals surface area contributed by atoms with Crippen LogP contribution in [0.3, 0.4) is 0 Å². The normalized spacial score (nSPS) is 21.9. The van der Waals surface area contributed by atoms with Gasteiger partial charge in [-0.2, -0.15) is 0 Å². The van der Waals surface area contributed by atoms with Gasteiger partial charge in [0.25, 0.3) is 11.5 Å². The Morgan fingerprint density at radius 3 is 2.71 bits per heavy atom. The number of aromatic nitrogens is 2. The van der Waals surface area contributed by atoms with Crippen LogP contribution in [0.25, 0.3) is 10.9 Å². The van der Waals surface area contributed by atoms with E-state index in [0.717, 1.165) is 43.9 Å². The molecule has 28 heavy (non-hydrogen) atoms. The van der Waals surface area contributed by atoms with Gasteiger partial charge in [0, 0.05) is 12.0 Å². The van der Waals surface area contributed by atoms with Gasteiger partial charge in [0.05, 0.1) is 24.0 Å². The Morgan fingerprint density at radius 1 is 1.21 bits per heavy atom. The Labute approximate surface area is 166 Å². The van der Waals surface area contributed by atoms with Crippen molar-refractivity contribution in [1.82, 2.24) is 15.3 Å². The molecule has 0 bridgehead atoms. The fourth-order valence-corrected chi connectivity index (χ4v) is 3.96. The summed E-state index contributed by atoms with van der Waals surface area (Å²) >= 11 is 0. The summed E-state index contributed by atoms with van der Waals surface area (Å²) in [7, 11) is 0. The number of amides is 1. The summed E-state index contributed by atoms with van der Waals surface area (Å²) in [6.45, 7) is 12.6. The van der Waals surface area contributed by atoms with Crippen molar-refractivity contribution in [2.24, 2.45) is 0 Å². The van der Waals surface area contributed by atoms with Crippen molar-refractivity contribution >= 4 is 16.8 Å². The number of benzene rings is 1. The SMILES string of the molecule is C[C@@H](c1nc2ccccc2c(=O)[nH]1)[NH+]1CCC[NH+](CC(=O)NC(C)(C)C)CC1. The van der Waals surface area contributed by atoms with Crippen LogP contribution in [-0.2, 0) is 4.79 Å². The number of H-pyrrole nitrogens is 1. The molecule has 0 radical (unpaired) electrons. The Hall–Kier alpha value is -2.25. The molecule has 1 aromatic heterocycles. The molecule has 1 aliphatic rings. The summed E-state index contributed by atoms with van der Waals surface area (Å²) < 4.78 is 0. The average molecular weight is 388 g/mol. The van der Waals surface area contributed by atoms with Gasteiger partial charge in [-0.05, 0) is 39.8 Å². The Bertz CT molecular complexity index is 886. The molecule has 1 aromatic carbocycles. The fraction of sp³-hybridized carbons (Fsp3) is 0.571. The summed E-state index contributed by atoms with van der Waals surface area (Å²) in [6, 6.07) is 7.57. The molecule has 2 unspecified atom stereocenters. The zero-order chi connectivity index (χ0) is 20.3. The molecule has 7 heteroatoms. The van der Waals surface area contributed by atoms with Crippen molar-refractivity contribution in [3.05, 3.63) is 40.4 Å². The monoisotopic (exact) mass is 387 g/mol. The molecule has 7 nitrogen and oxygen atoms in total. The van der Waals surface area contributed by atoms with Gasteiger partial charge in [0.1, 0.15) is 19.1 Å². The number of para-hydroxylation sites is 1. The van der Waals surface area contributed by atoms with Crippen molar-refractivity contribution in [3.63, 3.8) is 0 Å². The molecule has 0 aliphatic carbocycles. The van der Waals surface area contributed by atoms with E-state index in [1.54, 1.807) is 6.07 Å². The molecule has 2 heterocycles. The first-order chi connectivity index (χ1) is 13.2. The Morgan fingerprint density at radius 2 is 1.96 bits per heavy atom. The second-order valence-corrected chi connectivity index (χ2v) is 8.93. The minimum Gasteiger partial charge on any atom is -0.347 e. The molecule has 3 rings (SSSR count).